The number of rotatable bonds is 3. The molecular formula is C13H14NNaO5. The second kappa shape index (κ2) is 8.26. The molecule has 7 heteroatoms. The monoisotopic (exact) mass is 287 g/mol. The van der Waals surface area contributed by atoms with E-state index in [1.54, 1.807) is 0 Å². The first-order valence-electron chi connectivity index (χ1n) is 5.95. The number of morpholine rings is 1. The topological polar surface area (TPSA) is 78.9 Å². The zero-order chi connectivity index (χ0) is 13.7. The van der Waals surface area contributed by atoms with Crippen LogP contribution in [0.1, 0.15) is 5.56 Å². The number of nitrogens with zero attached hydrogens (tertiary/aromatic N) is 1. The minimum Gasteiger partial charge on any atom is -0.547 e. The van der Waals surface area contributed by atoms with Crippen LogP contribution in [0, 0.1) is 0 Å². The van der Waals surface area contributed by atoms with Crippen LogP contribution in [0.3, 0.4) is 0 Å². The Balaban J connectivity index is 0.00000200. The summed E-state index contributed by atoms with van der Waals surface area (Å²) >= 11 is 0. The van der Waals surface area contributed by atoms with Crippen LogP contribution in [0.25, 0.3) is 0 Å². The molecule has 0 bridgehead atoms. The van der Waals surface area contributed by atoms with Crippen molar-refractivity contribution in [2.45, 2.75) is 12.7 Å². The first-order valence-corrected chi connectivity index (χ1v) is 5.95. The van der Waals surface area contributed by atoms with Crippen molar-refractivity contribution in [3.05, 3.63) is 35.9 Å². The van der Waals surface area contributed by atoms with Crippen LogP contribution in [0.4, 0.5) is 4.79 Å². The van der Waals surface area contributed by atoms with Crippen LogP contribution in [0.2, 0.25) is 0 Å². The van der Waals surface area contributed by atoms with Gasteiger partial charge in [0.2, 0.25) is 0 Å². The van der Waals surface area contributed by atoms with E-state index < -0.39 is 18.2 Å². The fraction of sp³-hybridized carbons (Fsp3) is 0.385. The molecule has 1 saturated heterocycles. The van der Waals surface area contributed by atoms with Crippen molar-refractivity contribution < 1.29 is 53.7 Å². The van der Waals surface area contributed by atoms with E-state index in [0.717, 1.165) is 5.56 Å². The van der Waals surface area contributed by atoms with E-state index in [4.69, 9.17) is 9.47 Å². The molecule has 0 spiro atoms. The Kier molecular flexibility index (Phi) is 7.01. The molecule has 6 nitrogen and oxygen atoms in total. The van der Waals surface area contributed by atoms with Crippen molar-refractivity contribution in [3.8, 4) is 0 Å². The average molecular weight is 287 g/mol. The number of hydrogen-bond acceptors (Lipinski definition) is 5. The maximum absolute atomic E-state index is 11.8. The van der Waals surface area contributed by atoms with Gasteiger partial charge in [0.15, 0.2) is 0 Å². The van der Waals surface area contributed by atoms with Gasteiger partial charge in [-0.25, -0.2) is 4.79 Å². The molecule has 0 radical (unpaired) electrons. The number of carbonyl (C=O) groups excluding carboxylic acids is 2. The standard InChI is InChI=1S/C13H15NO5.Na/c15-12(16)11-8-14(6-7-18-11)13(17)19-9-10-4-2-1-3-5-10;/h1-5,11H,6-9H2,(H,15,16);/q;+1/p-1/t11-;/m0./s1. The van der Waals surface area contributed by atoms with Crippen molar-refractivity contribution >= 4 is 12.1 Å². The van der Waals surface area contributed by atoms with Gasteiger partial charge in [-0.1, -0.05) is 30.3 Å². The van der Waals surface area contributed by atoms with Gasteiger partial charge in [0, 0.05) is 6.54 Å². The van der Waals surface area contributed by atoms with E-state index in [-0.39, 0.29) is 49.3 Å². The number of carbonyl (C=O) groups is 2. The van der Waals surface area contributed by atoms with Gasteiger partial charge >= 0.3 is 35.7 Å². The molecule has 1 aromatic rings. The Bertz CT molecular complexity index is 453. The number of aliphatic carboxylic acids is 1. The molecule has 1 aromatic carbocycles. The molecule has 2 rings (SSSR count). The van der Waals surface area contributed by atoms with Crippen LogP contribution in [0.15, 0.2) is 30.3 Å². The third kappa shape index (κ3) is 4.79. The molecule has 102 valence electrons. The van der Waals surface area contributed by atoms with Gasteiger partial charge in [0.25, 0.3) is 0 Å². The Morgan fingerprint density at radius 3 is 2.70 bits per heavy atom. The van der Waals surface area contributed by atoms with Gasteiger partial charge in [-0.15, -0.1) is 0 Å². The number of benzene rings is 1. The van der Waals surface area contributed by atoms with Crippen molar-refractivity contribution in [2.75, 3.05) is 19.7 Å². The number of amides is 1. The minimum absolute atomic E-state index is 0. The van der Waals surface area contributed by atoms with Gasteiger partial charge < -0.3 is 24.3 Å². The fourth-order valence-corrected chi connectivity index (χ4v) is 1.77. The SMILES string of the molecule is O=C([O-])[C@@H]1CN(C(=O)OCc2ccccc2)CCO1.[Na+]. The maximum atomic E-state index is 11.8. The Morgan fingerprint density at radius 2 is 2.05 bits per heavy atom. The summed E-state index contributed by atoms with van der Waals surface area (Å²) in [5, 5.41) is 10.7. The van der Waals surface area contributed by atoms with Gasteiger partial charge in [-0.05, 0) is 5.56 Å². The number of ether oxygens (including phenoxy) is 2. The first kappa shape index (κ1) is 17.0. The molecule has 0 N–H and O–H groups in total. The molecule has 1 amide bonds. The first-order chi connectivity index (χ1) is 9.16. The van der Waals surface area contributed by atoms with Gasteiger partial charge in [-0.3, -0.25) is 0 Å². The quantitative estimate of drug-likeness (QED) is 0.546. The third-order valence-electron chi connectivity index (χ3n) is 2.79. The maximum Gasteiger partial charge on any atom is 1.00 e. The van der Waals surface area contributed by atoms with E-state index in [1.165, 1.54) is 4.90 Å². The molecule has 0 unspecified atom stereocenters. The normalized spacial score (nSPS) is 18.0. The number of hydrogen-bond donors (Lipinski definition) is 0. The van der Waals surface area contributed by atoms with E-state index in [0.29, 0.717) is 6.54 Å². The molecule has 1 heterocycles. The molecule has 1 fully saturated rings. The zero-order valence-corrected chi connectivity index (χ0v) is 13.3. The molecule has 20 heavy (non-hydrogen) atoms. The summed E-state index contributed by atoms with van der Waals surface area (Å²) in [6.45, 7) is 0.597. The summed E-state index contributed by atoms with van der Waals surface area (Å²) < 4.78 is 10.1. The average Bonchev–Trinajstić information content (AvgIpc) is 2.46. The van der Waals surface area contributed by atoms with Crippen molar-refractivity contribution in [2.24, 2.45) is 0 Å². The molecule has 0 saturated carbocycles. The van der Waals surface area contributed by atoms with Crippen molar-refractivity contribution in [3.63, 3.8) is 0 Å². The molecule has 1 aliphatic rings. The predicted molar refractivity (Wildman–Crippen MR) is 62.9 cm³/mol. The Morgan fingerprint density at radius 1 is 1.35 bits per heavy atom. The summed E-state index contributed by atoms with van der Waals surface area (Å²) in [4.78, 5) is 23.8. The molecular weight excluding hydrogens is 273 g/mol. The fourth-order valence-electron chi connectivity index (χ4n) is 1.77. The van der Waals surface area contributed by atoms with Gasteiger partial charge in [0.05, 0.1) is 19.1 Å². The van der Waals surface area contributed by atoms with Crippen LogP contribution in [-0.4, -0.2) is 42.8 Å². The van der Waals surface area contributed by atoms with Crippen molar-refractivity contribution in [1.29, 1.82) is 0 Å². The van der Waals surface area contributed by atoms with E-state index >= 15 is 0 Å². The van der Waals surface area contributed by atoms with Crippen LogP contribution >= 0.6 is 0 Å². The van der Waals surface area contributed by atoms with Crippen LogP contribution in [0.5, 0.6) is 0 Å². The molecule has 0 aromatic heterocycles. The van der Waals surface area contributed by atoms with Gasteiger partial charge in [-0.2, -0.15) is 0 Å². The van der Waals surface area contributed by atoms with Crippen molar-refractivity contribution in [1.82, 2.24) is 4.90 Å². The largest absolute Gasteiger partial charge is 1.00 e. The molecule has 1 atom stereocenters. The summed E-state index contributed by atoms with van der Waals surface area (Å²) in [6.07, 6.45) is -1.63. The van der Waals surface area contributed by atoms with Crippen LogP contribution in [-0.2, 0) is 20.9 Å². The summed E-state index contributed by atoms with van der Waals surface area (Å²) in [7, 11) is 0. The summed E-state index contributed by atoms with van der Waals surface area (Å²) in [5.74, 6) is -1.32. The minimum atomic E-state index is -1.32. The predicted octanol–water partition coefficient (Wildman–Crippen LogP) is -3.22. The Labute approximate surface area is 138 Å². The zero-order valence-electron chi connectivity index (χ0n) is 11.3. The third-order valence-corrected chi connectivity index (χ3v) is 2.79. The second-order valence-electron chi connectivity index (χ2n) is 4.16. The smallest absolute Gasteiger partial charge is 0.547 e. The van der Waals surface area contributed by atoms with Crippen LogP contribution < -0.4 is 34.7 Å². The van der Waals surface area contributed by atoms with E-state index in [1.807, 2.05) is 30.3 Å². The summed E-state index contributed by atoms with van der Waals surface area (Å²) in [6, 6.07) is 9.26. The second-order valence-corrected chi connectivity index (χ2v) is 4.16. The molecule has 0 aliphatic carbocycles. The number of carboxylic acids is 1. The van der Waals surface area contributed by atoms with Gasteiger partial charge in [0.1, 0.15) is 12.7 Å². The van der Waals surface area contributed by atoms with E-state index in [9.17, 15) is 14.7 Å². The Hall–Kier alpha value is -1.08. The molecule has 1 aliphatic heterocycles. The summed E-state index contributed by atoms with van der Waals surface area (Å²) in [5.41, 5.74) is 0.876. The van der Waals surface area contributed by atoms with E-state index in [2.05, 4.69) is 0 Å². The number of carboxylic acid groups (broad SMARTS) is 1.